The first-order valence-electron chi connectivity index (χ1n) is 16.6. The van der Waals surface area contributed by atoms with Crippen LogP contribution in [0.15, 0.2) is 36.4 Å². The molecule has 42 heavy (non-hydrogen) atoms. The first kappa shape index (κ1) is 33.9. The number of esters is 1. The van der Waals surface area contributed by atoms with Crippen molar-refractivity contribution in [1.29, 1.82) is 0 Å². The molecule has 0 aromatic heterocycles. The van der Waals surface area contributed by atoms with Gasteiger partial charge >= 0.3 is 5.97 Å². The Kier molecular flexibility index (Phi) is 15.8. The maximum Gasteiger partial charge on any atom is 0.346 e. The Morgan fingerprint density at radius 1 is 0.643 bits per heavy atom. The molecule has 2 aromatic rings. The fourth-order valence-electron chi connectivity index (χ4n) is 5.86. The molecule has 1 aliphatic rings. The molecule has 1 fully saturated rings. The maximum atomic E-state index is 14.6. The highest BCUT2D eigenvalue weighted by molar-refractivity contribution is 5.91. The van der Waals surface area contributed by atoms with Crippen molar-refractivity contribution >= 4 is 5.97 Å². The molecular weight excluding hydrogens is 534 g/mol. The highest BCUT2D eigenvalue weighted by atomic mass is 19.2. The van der Waals surface area contributed by atoms with Gasteiger partial charge in [0.25, 0.3) is 0 Å². The van der Waals surface area contributed by atoms with Crippen LogP contribution < -0.4 is 14.2 Å². The van der Waals surface area contributed by atoms with Gasteiger partial charge in [0.1, 0.15) is 11.5 Å². The second-order valence-electron chi connectivity index (χ2n) is 11.9. The van der Waals surface area contributed by atoms with Gasteiger partial charge in [-0.1, -0.05) is 104 Å². The molecule has 0 aliphatic heterocycles. The first-order valence-corrected chi connectivity index (χ1v) is 16.6. The monoisotopic (exact) mass is 586 g/mol. The maximum absolute atomic E-state index is 14.6. The summed E-state index contributed by atoms with van der Waals surface area (Å²) in [7, 11) is 0. The van der Waals surface area contributed by atoms with E-state index in [0.717, 1.165) is 37.5 Å². The Bertz CT molecular complexity index is 1030. The molecule has 1 saturated carbocycles. The van der Waals surface area contributed by atoms with Crippen LogP contribution in [0.2, 0.25) is 0 Å². The van der Waals surface area contributed by atoms with Gasteiger partial charge in [0, 0.05) is 0 Å². The quantitative estimate of drug-likeness (QED) is 0.0879. The SMILES string of the molecule is CCCCCCCCCOc1ccc(C(=O)Oc2ccc(OCCCC3CCC(CCCCC)CC3)cc2)c(F)c1F. The summed E-state index contributed by atoms with van der Waals surface area (Å²) < 4.78 is 45.8. The van der Waals surface area contributed by atoms with E-state index in [9.17, 15) is 13.6 Å². The van der Waals surface area contributed by atoms with Crippen molar-refractivity contribution in [3.05, 3.63) is 53.6 Å². The summed E-state index contributed by atoms with van der Waals surface area (Å²) in [5.41, 5.74) is -0.467. The molecule has 4 nitrogen and oxygen atoms in total. The van der Waals surface area contributed by atoms with E-state index in [2.05, 4.69) is 13.8 Å². The summed E-state index contributed by atoms with van der Waals surface area (Å²) in [6.45, 7) is 5.40. The van der Waals surface area contributed by atoms with E-state index < -0.39 is 23.2 Å². The minimum Gasteiger partial charge on any atom is -0.494 e. The molecular formula is C36H52F2O4. The Labute approximate surface area is 252 Å². The fourth-order valence-corrected chi connectivity index (χ4v) is 5.86. The summed E-state index contributed by atoms with van der Waals surface area (Å²) in [4.78, 5) is 12.5. The van der Waals surface area contributed by atoms with Gasteiger partial charge in [-0.05, 0) is 67.5 Å². The summed E-state index contributed by atoms with van der Waals surface area (Å²) in [5.74, 6) is -0.904. The number of ether oxygens (including phenoxy) is 3. The summed E-state index contributed by atoms with van der Waals surface area (Å²) in [6, 6.07) is 9.13. The topological polar surface area (TPSA) is 44.8 Å². The van der Waals surface area contributed by atoms with E-state index in [4.69, 9.17) is 14.2 Å². The van der Waals surface area contributed by atoms with Crippen LogP contribution in [0, 0.1) is 23.5 Å². The Balaban J connectivity index is 1.34. The molecule has 2 aromatic carbocycles. The minimum atomic E-state index is -1.26. The third kappa shape index (κ3) is 11.9. The van der Waals surface area contributed by atoms with Crippen LogP contribution in [0.1, 0.15) is 133 Å². The lowest BCUT2D eigenvalue weighted by Crippen LogP contribution is -2.15. The molecule has 1 aliphatic carbocycles. The third-order valence-electron chi connectivity index (χ3n) is 8.51. The highest BCUT2D eigenvalue weighted by Gasteiger charge is 2.22. The van der Waals surface area contributed by atoms with Crippen molar-refractivity contribution in [3.8, 4) is 17.2 Å². The van der Waals surface area contributed by atoms with E-state index in [-0.39, 0.29) is 11.5 Å². The summed E-state index contributed by atoms with van der Waals surface area (Å²) in [5, 5.41) is 0. The molecule has 0 bridgehead atoms. The van der Waals surface area contributed by atoms with Gasteiger partial charge < -0.3 is 14.2 Å². The van der Waals surface area contributed by atoms with Gasteiger partial charge in [0.05, 0.1) is 18.8 Å². The zero-order valence-corrected chi connectivity index (χ0v) is 25.9. The lowest BCUT2D eigenvalue weighted by atomic mass is 9.78. The lowest BCUT2D eigenvalue weighted by Gasteiger charge is -2.28. The third-order valence-corrected chi connectivity index (χ3v) is 8.51. The highest BCUT2D eigenvalue weighted by Crippen LogP contribution is 2.34. The molecule has 6 heteroatoms. The lowest BCUT2D eigenvalue weighted by molar-refractivity contribution is 0.0728. The summed E-state index contributed by atoms with van der Waals surface area (Å²) >= 11 is 0. The average Bonchev–Trinajstić information content (AvgIpc) is 3.00. The minimum absolute atomic E-state index is 0.188. The normalized spacial score (nSPS) is 16.8. The van der Waals surface area contributed by atoms with Crippen LogP contribution in [0.5, 0.6) is 17.2 Å². The van der Waals surface area contributed by atoms with Gasteiger partial charge in [-0.3, -0.25) is 0 Å². The van der Waals surface area contributed by atoms with Gasteiger partial charge in [-0.25, -0.2) is 9.18 Å². The Morgan fingerprint density at radius 3 is 1.86 bits per heavy atom. The largest absolute Gasteiger partial charge is 0.494 e. The number of rotatable bonds is 20. The number of hydrogen-bond donors (Lipinski definition) is 0. The van der Waals surface area contributed by atoms with Crippen LogP contribution >= 0.6 is 0 Å². The molecule has 0 N–H and O–H groups in total. The average molecular weight is 587 g/mol. The van der Waals surface area contributed by atoms with Crippen molar-refractivity contribution in [1.82, 2.24) is 0 Å². The van der Waals surface area contributed by atoms with Crippen LogP contribution in [0.3, 0.4) is 0 Å². The number of hydrogen-bond acceptors (Lipinski definition) is 4. The number of carbonyl (C=O) groups is 1. The van der Waals surface area contributed by atoms with E-state index in [1.165, 1.54) is 95.6 Å². The van der Waals surface area contributed by atoms with Crippen molar-refractivity contribution < 1.29 is 27.8 Å². The molecule has 0 spiro atoms. The fraction of sp³-hybridized carbons (Fsp3) is 0.639. The number of carbonyl (C=O) groups excluding carboxylic acids is 1. The Hall–Kier alpha value is -2.63. The predicted octanol–water partition coefficient (Wildman–Crippen LogP) is 10.9. The van der Waals surface area contributed by atoms with Crippen LogP contribution in [-0.2, 0) is 0 Å². The molecule has 0 saturated heterocycles. The molecule has 0 unspecified atom stereocenters. The molecule has 0 radical (unpaired) electrons. The van der Waals surface area contributed by atoms with Crippen LogP contribution in [0.4, 0.5) is 8.78 Å². The molecule has 0 atom stereocenters. The number of unbranched alkanes of at least 4 members (excludes halogenated alkanes) is 8. The van der Waals surface area contributed by atoms with Crippen LogP contribution in [-0.4, -0.2) is 19.2 Å². The van der Waals surface area contributed by atoms with E-state index in [1.54, 1.807) is 24.3 Å². The zero-order chi connectivity index (χ0) is 30.0. The van der Waals surface area contributed by atoms with E-state index in [1.807, 2.05) is 0 Å². The molecule has 0 amide bonds. The van der Waals surface area contributed by atoms with E-state index in [0.29, 0.717) is 19.0 Å². The standard InChI is InChI=1S/C36H52F2O4/c1-3-5-7-8-9-10-12-26-41-33-25-24-32(34(37)35(33)38)36(39)42-31-22-20-30(21-23-31)40-27-13-15-29-18-16-28(17-19-29)14-11-6-4-2/h20-25,28-29H,3-19,26-27H2,1-2H3. The van der Waals surface area contributed by atoms with Crippen molar-refractivity contribution in [2.24, 2.45) is 11.8 Å². The van der Waals surface area contributed by atoms with Gasteiger partial charge in [-0.15, -0.1) is 0 Å². The molecule has 234 valence electrons. The Morgan fingerprint density at radius 2 is 1.19 bits per heavy atom. The van der Waals surface area contributed by atoms with Gasteiger partial charge in [-0.2, -0.15) is 4.39 Å². The summed E-state index contributed by atoms with van der Waals surface area (Å²) in [6.07, 6.45) is 20.8. The van der Waals surface area contributed by atoms with Crippen molar-refractivity contribution in [3.63, 3.8) is 0 Å². The molecule has 3 rings (SSSR count). The number of benzene rings is 2. The first-order chi connectivity index (χ1) is 20.5. The van der Waals surface area contributed by atoms with Crippen LogP contribution in [0.25, 0.3) is 0 Å². The van der Waals surface area contributed by atoms with Gasteiger partial charge in [0.15, 0.2) is 11.6 Å². The van der Waals surface area contributed by atoms with E-state index >= 15 is 0 Å². The molecule has 0 heterocycles. The zero-order valence-electron chi connectivity index (χ0n) is 25.9. The van der Waals surface area contributed by atoms with Crippen molar-refractivity contribution in [2.45, 2.75) is 123 Å². The van der Waals surface area contributed by atoms with Crippen molar-refractivity contribution in [2.75, 3.05) is 13.2 Å². The predicted molar refractivity (Wildman–Crippen MR) is 166 cm³/mol. The number of halogens is 2. The van der Waals surface area contributed by atoms with Gasteiger partial charge in [0.2, 0.25) is 5.82 Å². The smallest absolute Gasteiger partial charge is 0.346 e. The second kappa shape index (κ2) is 19.5. The second-order valence-corrected chi connectivity index (χ2v) is 11.9.